The Morgan fingerprint density at radius 2 is 0.887 bits per heavy atom. The maximum absolute atomic E-state index is 14.3. The van der Waals surface area contributed by atoms with Gasteiger partial charge in [-0.1, -0.05) is 121 Å². The number of fused-ring (bicyclic) bond motifs is 2. The normalized spacial score (nSPS) is 17.7. The van der Waals surface area contributed by atoms with Crippen LogP contribution in [0.3, 0.4) is 0 Å². The molecule has 2 amide bonds. The lowest BCUT2D eigenvalue weighted by Crippen LogP contribution is -2.43. The molecule has 0 saturated carbocycles. The van der Waals surface area contributed by atoms with Crippen molar-refractivity contribution in [2.24, 2.45) is 0 Å². The van der Waals surface area contributed by atoms with Gasteiger partial charge in [-0.15, -0.1) is 0 Å². The third kappa shape index (κ3) is 8.15. The third-order valence-corrected chi connectivity index (χ3v) is 11.5. The molecule has 1 aliphatic rings. The molecule has 10 nitrogen and oxygen atoms in total. The van der Waals surface area contributed by atoms with Crippen molar-refractivity contribution >= 4 is 54.9 Å². The van der Waals surface area contributed by atoms with E-state index in [4.69, 9.17) is 0 Å². The summed E-state index contributed by atoms with van der Waals surface area (Å²) in [6.45, 7) is -1.06. The van der Waals surface area contributed by atoms with Gasteiger partial charge in [-0.05, 0) is 55.9 Å². The molecule has 7 rings (SSSR count). The number of para-hydroxylation sites is 2. The van der Waals surface area contributed by atoms with E-state index in [1.54, 1.807) is 48.5 Å². The van der Waals surface area contributed by atoms with E-state index in [-0.39, 0.29) is 50.8 Å². The van der Waals surface area contributed by atoms with Crippen molar-refractivity contribution in [3.8, 4) is 0 Å². The second-order valence-electron chi connectivity index (χ2n) is 13.3. The van der Waals surface area contributed by atoms with Crippen LogP contribution in [-0.4, -0.2) is 64.4 Å². The molecular formula is C42H40N4O6S. The average Bonchev–Trinajstić information content (AvgIpc) is 3.23. The maximum Gasteiger partial charge on any atom is 0.282 e. The lowest BCUT2D eigenvalue weighted by atomic mass is 10.0. The molecule has 1 saturated heterocycles. The van der Waals surface area contributed by atoms with Crippen LogP contribution in [0.1, 0.15) is 22.3 Å². The van der Waals surface area contributed by atoms with Crippen LogP contribution >= 0.6 is 0 Å². The van der Waals surface area contributed by atoms with Gasteiger partial charge in [0.15, 0.2) is 0 Å². The van der Waals surface area contributed by atoms with Crippen molar-refractivity contribution in [2.75, 3.05) is 23.7 Å². The molecule has 0 unspecified atom stereocenters. The monoisotopic (exact) mass is 728 g/mol. The molecule has 1 aliphatic heterocycles. The highest BCUT2D eigenvalue weighted by Gasteiger charge is 2.39. The van der Waals surface area contributed by atoms with Crippen LogP contribution in [-0.2, 0) is 45.7 Å². The van der Waals surface area contributed by atoms with Crippen LogP contribution in [0.25, 0.3) is 21.5 Å². The fourth-order valence-electron chi connectivity index (χ4n) is 6.87. The topological polar surface area (TPSA) is 139 Å². The fraction of sp³-hybridized carbons (Fsp3) is 0.190. The van der Waals surface area contributed by atoms with Gasteiger partial charge >= 0.3 is 0 Å². The number of rotatable bonds is 10. The van der Waals surface area contributed by atoms with Crippen LogP contribution in [0, 0.1) is 0 Å². The number of nitrogens with zero attached hydrogens (tertiary/aromatic N) is 2. The number of amides is 2. The first-order valence-electron chi connectivity index (χ1n) is 17.5. The lowest BCUT2D eigenvalue weighted by molar-refractivity contribution is -0.116. The Morgan fingerprint density at radius 1 is 0.528 bits per heavy atom. The van der Waals surface area contributed by atoms with Crippen LogP contribution in [0.2, 0.25) is 0 Å². The number of aliphatic hydroxyl groups excluding tert-OH is 2. The predicted molar refractivity (Wildman–Crippen MR) is 207 cm³/mol. The van der Waals surface area contributed by atoms with E-state index in [9.17, 15) is 28.2 Å². The summed E-state index contributed by atoms with van der Waals surface area (Å²) in [5.41, 5.74) is 3.66. The fourth-order valence-corrected chi connectivity index (χ4v) is 8.49. The Labute approximate surface area is 308 Å². The molecule has 270 valence electrons. The Morgan fingerprint density at radius 3 is 1.34 bits per heavy atom. The van der Waals surface area contributed by atoms with E-state index in [1.165, 1.54) is 0 Å². The van der Waals surface area contributed by atoms with E-state index in [0.717, 1.165) is 41.3 Å². The third-order valence-electron chi connectivity index (χ3n) is 9.62. The SMILES string of the molecule is O=C(Cc1cccc2ccccc12)Nc1ccccc1CN1C[C@H](O)[C@@H](O)CN(Cc2ccccc2NC(=O)Cc2cccc3ccccc23)S1(=O)=O. The molecule has 1 heterocycles. The Kier molecular flexibility index (Phi) is 10.6. The number of anilines is 2. The minimum atomic E-state index is -4.28. The van der Waals surface area contributed by atoms with E-state index in [2.05, 4.69) is 10.6 Å². The van der Waals surface area contributed by atoms with E-state index < -0.39 is 22.4 Å². The molecule has 2 atom stereocenters. The molecule has 1 fully saturated rings. The minimum absolute atomic E-state index is 0.119. The molecule has 11 heteroatoms. The zero-order valence-electron chi connectivity index (χ0n) is 28.9. The summed E-state index contributed by atoms with van der Waals surface area (Å²) < 4.78 is 30.8. The first-order chi connectivity index (χ1) is 25.7. The highest BCUT2D eigenvalue weighted by Crippen LogP contribution is 2.28. The van der Waals surface area contributed by atoms with E-state index >= 15 is 0 Å². The summed E-state index contributed by atoms with van der Waals surface area (Å²) in [6, 6.07) is 41.2. The summed E-state index contributed by atoms with van der Waals surface area (Å²) in [7, 11) is -4.28. The van der Waals surface area contributed by atoms with Gasteiger partial charge in [0.05, 0.1) is 25.0 Å². The lowest BCUT2D eigenvalue weighted by Gasteiger charge is -2.28. The molecule has 6 aromatic carbocycles. The van der Waals surface area contributed by atoms with Crippen molar-refractivity contribution in [1.82, 2.24) is 8.61 Å². The van der Waals surface area contributed by atoms with Crippen molar-refractivity contribution < 1.29 is 28.2 Å². The zero-order chi connectivity index (χ0) is 37.0. The average molecular weight is 729 g/mol. The van der Waals surface area contributed by atoms with Crippen molar-refractivity contribution in [1.29, 1.82) is 0 Å². The molecule has 0 radical (unpaired) electrons. The van der Waals surface area contributed by atoms with Gasteiger partial charge in [-0.3, -0.25) is 9.59 Å². The highest BCUT2D eigenvalue weighted by molar-refractivity contribution is 7.86. The number of carbonyl (C=O) groups excluding carboxylic acids is 2. The van der Waals surface area contributed by atoms with Crippen molar-refractivity contribution in [3.05, 3.63) is 156 Å². The molecule has 53 heavy (non-hydrogen) atoms. The Balaban J connectivity index is 1.09. The smallest absolute Gasteiger partial charge is 0.282 e. The largest absolute Gasteiger partial charge is 0.389 e. The minimum Gasteiger partial charge on any atom is -0.389 e. The second-order valence-corrected chi connectivity index (χ2v) is 15.2. The zero-order valence-corrected chi connectivity index (χ0v) is 29.7. The molecule has 6 aromatic rings. The number of carbonyl (C=O) groups is 2. The maximum atomic E-state index is 14.3. The first kappa shape index (κ1) is 36.0. The first-order valence-corrected chi connectivity index (χ1v) is 18.9. The second kappa shape index (κ2) is 15.7. The number of hydrogen-bond acceptors (Lipinski definition) is 6. The van der Waals surface area contributed by atoms with Crippen LogP contribution in [0.4, 0.5) is 11.4 Å². The molecular weight excluding hydrogens is 689 g/mol. The summed E-state index contributed by atoms with van der Waals surface area (Å²) in [5.74, 6) is -0.521. The van der Waals surface area contributed by atoms with Gasteiger partial charge < -0.3 is 20.8 Å². The Hall–Kier alpha value is -5.43. The quantitative estimate of drug-likeness (QED) is 0.144. The highest BCUT2D eigenvalue weighted by atomic mass is 32.2. The summed E-state index contributed by atoms with van der Waals surface area (Å²) >= 11 is 0. The van der Waals surface area contributed by atoms with Crippen molar-refractivity contribution in [3.63, 3.8) is 0 Å². The van der Waals surface area contributed by atoms with Crippen LogP contribution in [0.5, 0.6) is 0 Å². The standard InChI is InChI=1S/C42H40N4O6S/c47-39-27-45(25-33-13-3-7-21-37(33)43-41(49)23-31-17-9-15-29-11-1-5-19-35(29)31)53(51,52)46(28-40(39)48)26-34-14-4-8-22-38(34)44-42(50)24-32-18-10-16-30-12-2-6-20-36(30)32/h1-22,39-40,47-48H,23-28H2,(H,43,49)(H,44,50)/t39-,40-/m0/s1. The predicted octanol–water partition coefficient (Wildman–Crippen LogP) is 5.64. The summed E-state index contributed by atoms with van der Waals surface area (Å²) in [4.78, 5) is 26.6. The number of β-amino-alcohol motifs (C(OH)–C–C–N with tert-alkyl or cyclic N) is 2. The molecule has 4 N–H and O–H groups in total. The van der Waals surface area contributed by atoms with Gasteiger partial charge in [0.2, 0.25) is 11.8 Å². The van der Waals surface area contributed by atoms with Gasteiger partial charge in [0, 0.05) is 37.6 Å². The molecule has 0 aromatic heterocycles. The van der Waals surface area contributed by atoms with Crippen LogP contribution in [0.15, 0.2) is 133 Å². The summed E-state index contributed by atoms with van der Waals surface area (Å²) in [6.07, 6.45) is -2.49. The van der Waals surface area contributed by atoms with Crippen LogP contribution < -0.4 is 10.6 Å². The van der Waals surface area contributed by atoms with Crippen molar-refractivity contribution in [2.45, 2.75) is 38.1 Å². The molecule has 0 aliphatic carbocycles. The van der Waals surface area contributed by atoms with Gasteiger partial charge in [0.25, 0.3) is 10.2 Å². The van der Waals surface area contributed by atoms with Gasteiger partial charge in [-0.2, -0.15) is 17.0 Å². The number of aliphatic hydroxyl groups is 2. The molecule has 0 spiro atoms. The number of benzene rings is 6. The van der Waals surface area contributed by atoms with E-state index in [1.807, 2.05) is 84.9 Å². The van der Waals surface area contributed by atoms with Gasteiger partial charge in [0.1, 0.15) is 0 Å². The van der Waals surface area contributed by atoms with E-state index in [0.29, 0.717) is 22.5 Å². The Bertz CT molecular complexity index is 2230. The number of hydrogen-bond donors (Lipinski definition) is 4. The number of nitrogens with one attached hydrogen (secondary N) is 2. The van der Waals surface area contributed by atoms with Gasteiger partial charge in [-0.25, -0.2) is 0 Å². The molecule has 0 bridgehead atoms. The summed E-state index contributed by atoms with van der Waals surface area (Å²) in [5, 5.41) is 31.7.